The number of piperidine rings is 1. The summed E-state index contributed by atoms with van der Waals surface area (Å²) in [5.41, 5.74) is 0. The van der Waals surface area contributed by atoms with E-state index >= 15 is 0 Å². The van der Waals surface area contributed by atoms with Gasteiger partial charge in [0.05, 0.1) is 13.2 Å². The molecule has 0 bridgehead atoms. The maximum atomic E-state index is 12.5. The molecule has 0 atom stereocenters. The number of rotatable bonds is 9. The molecule has 2 N–H and O–H groups in total. The van der Waals surface area contributed by atoms with Crippen molar-refractivity contribution in [2.24, 2.45) is 18.0 Å². The Balaban J connectivity index is 1.77. The van der Waals surface area contributed by atoms with Gasteiger partial charge in [0, 0.05) is 27.2 Å². The van der Waals surface area contributed by atoms with Crippen LogP contribution in [0.25, 0.3) is 0 Å². The van der Waals surface area contributed by atoms with Crippen LogP contribution in [0.4, 0.5) is 13.2 Å². The van der Waals surface area contributed by atoms with E-state index in [1.165, 1.54) is 4.90 Å². The highest BCUT2D eigenvalue weighted by molar-refractivity contribution is 5.79. The summed E-state index contributed by atoms with van der Waals surface area (Å²) in [7, 11) is 3.54. The minimum atomic E-state index is -4.12. The molecule has 0 spiro atoms. The first-order chi connectivity index (χ1) is 13.8. The number of aliphatic imine (C=N–C) groups is 1. The van der Waals surface area contributed by atoms with Crippen LogP contribution in [0.1, 0.15) is 30.9 Å². The molecule has 2 heterocycles. The highest BCUT2D eigenvalue weighted by Gasteiger charge is 2.32. The average molecular weight is 419 g/mol. The minimum Gasteiger partial charge on any atom is -0.383 e. The van der Waals surface area contributed by atoms with E-state index in [1.54, 1.807) is 7.11 Å². The molecule has 1 saturated heterocycles. The molecule has 1 fully saturated rings. The van der Waals surface area contributed by atoms with Gasteiger partial charge in [0.2, 0.25) is 0 Å². The zero-order chi connectivity index (χ0) is 21.3. The van der Waals surface area contributed by atoms with Crippen molar-refractivity contribution < 1.29 is 17.9 Å². The summed E-state index contributed by atoms with van der Waals surface area (Å²) < 4.78 is 44.4. The van der Waals surface area contributed by atoms with Gasteiger partial charge in [-0.05, 0) is 45.2 Å². The third-order valence-electron chi connectivity index (χ3n) is 5.12. The summed E-state index contributed by atoms with van der Waals surface area (Å²) in [5.74, 6) is 2.69. The first-order valence-corrected chi connectivity index (χ1v) is 9.93. The van der Waals surface area contributed by atoms with Crippen LogP contribution in [0.5, 0.6) is 0 Å². The second-order valence-electron chi connectivity index (χ2n) is 7.36. The van der Waals surface area contributed by atoms with Crippen LogP contribution in [-0.4, -0.2) is 78.2 Å². The van der Waals surface area contributed by atoms with Gasteiger partial charge in [0.15, 0.2) is 11.8 Å². The van der Waals surface area contributed by atoms with Gasteiger partial charge in [-0.3, -0.25) is 4.90 Å². The number of aryl methyl sites for hydroxylation is 1. The van der Waals surface area contributed by atoms with Crippen molar-refractivity contribution in [3.63, 3.8) is 0 Å². The van der Waals surface area contributed by atoms with Crippen LogP contribution in [0.3, 0.4) is 0 Å². The van der Waals surface area contributed by atoms with Crippen LogP contribution in [0, 0.1) is 12.8 Å². The fourth-order valence-corrected chi connectivity index (χ4v) is 3.27. The molecule has 29 heavy (non-hydrogen) atoms. The summed E-state index contributed by atoms with van der Waals surface area (Å²) in [5, 5.41) is 14.7. The monoisotopic (exact) mass is 419 g/mol. The van der Waals surface area contributed by atoms with Crippen LogP contribution in [0.2, 0.25) is 0 Å². The van der Waals surface area contributed by atoms with E-state index in [1.807, 2.05) is 18.5 Å². The summed E-state index contributed by atoms with van der Waals surface area (Å²) in [6.45, 7) is 4.37. The van der Waals surface area contributed by atoms with Gasteiger partial charge in [-0.1, -0.05) is 0 Å². The van der Waals surface area contributed by atoms with Crippen molar-refractivity contribution >= 4 is 5.96 Å². The van der Waals surface area contributed by atoms with Crippen molar-refractivity contribution in [2.75, 3.05) is 46.4 Å². The van der Waals surface area contributed by atoms with E-state index in [0.29, 0.717) is 51.2 Å². The van der Waals surface area contributed by atoms with E-state index in [0.717, 1.165) is 30.9 Å². The summed E-state index contributed by atoms with van der Waals surface area (Å²) in [6, 6.07) is 0. The van der Waals surface area contributed by atoms with Crippen molar-refractivity contribution in [2.45, 2.75) is 38.9 Å². The zero-order valence-corrected chi connectivity index (χ0v) is 17.4. The molecule has 0 unspecified atom stereocenters. The van der Waals surface area contributed by atoms with Crippen molar-refractivity contribution in [3.8, 4) is 0 Å². The van der Waals surface area contributed by atoms with Gasteiger partial charge >= 0.3 is 6.18 Å². The number of hydrogen-bond acceptors (Lipinski definition) is 5. The number of hydrogen-bond donors (Lipinski definition) is 2. The van der Waals surface area contributed by atoms with Crippen molar-refractivity contribution in [1.82, 2.24) is 30.3 Å². The highest BCUT2D eigenvalue weighted by Crippen LogP contribution is 2.23. The molecule has 1 aliphatic rings. The summed E-state index contributed by atoms with van der Waals surface area (Å²) in [6.07, 6.45) is -1.64. The number of nitrogens with one attached hydrogen (secondary N) is 2. The Morgan fingerprint density at radius 3 is 2.48 bits per heavy atom. The number of nitrogens with zero attached hydrogens (tertiary/aromatic N) is 5. The number of guanidine groups is 1. The predicted molar refractivity (Wildman–Crippen MR) is 105 cm³/mol. The third kappa shape index (κ3) is 8.57. The van der Waals surface area contributed by atoms with Gasteiger partial charge in [0.1, 0.15) is 12.4 Å². The van der Waals surface area contributed by atoms with Gasteiger partial charge < -0.3 is 19.9 Å². The third-order valence-corrected chi connectivity index (χ3v) is 5.12. The zero-order valence-electron chi connectivity index (χ0n) is 17.4. The molecular formula is C18H32F3N7O. The lowest BCUT2D eigenvalue weighted by Gasteiger charge is -2.32. The average Bonchev–Trinajstić information content (AvgIpc) is 2.98. The summed E-state index contributed by atoms with van der Waals surface area (Å²) >= 11 is 0. The molecule has 166 valence electrons. The van der Waals surface area contributed by atoms with E-state index in [2.05, 4.69) is 25.8 Å². The lowest BCUT2D eigenvalue weighted by Crippen LogP contribution is -2.42. The summed E-state index contributed by atoms with van der Waals surface area (Å²) in [4.78, 5) is 6.05. The Morgan fingerprint density at radius 1 is 1.21 bits per heavy atom. The predicted octanol–water partition coefficient (Wildman–Crippen LogP) is 1.47. The Hall–Kier alpha value is -1.88. The number of methoxy groups -OCH3 is 1. The Morgan fingerprint density at radius 2 is 1.90 bits per heavy atom. The van der Waals surface area contributed by atoms with Crippen molar-refractivity contribution in [3.05, 3.63) is 11.6 Å². The molecule has 8 nitrogen and oxygen atoms in total. The Kier molecular flexibility index (Phi) is 9.15. The molecule has 0 radical (unpaired) electrons. The minimum absolute atomic E-state index is 0.398. The van der Waals surface area contributed by atoms with E-state index in [9.17, 15) is 13.2 Å². The lowest BCUT2D eigenvalue weighted by atomic mass is 9.93. The number of aromatic nitrogens is 3. The first-order valence-electron chi connectivity index (χ1n) is 9.93. The SMILES string of the molecule is COCCNC(=NCc1nnc(C)n1C)NCCC1CCN(CC(F)(F)F)CC1. The molecule has 11 heteroatoms. The van der Waals surface area contributed by atoms with Gasteiger partial charge in [-0.2, -0.15) is 13.2 Å². The smallest absolute Gasteiger partial charge is 0.383 e. The molecule has 1 aromatic heterocycles. The fraction of sp³-hybridized carbons (Fsp3) is 0.833. The van der Waals surface area contributed by atoms with Gasteiger partial charge in [-0.25, -0.2) is 4.99 Å². The van der Waals surface area contributed by atoms with Gasteiger partial charge in [0.25, 0.3) is 0 Å². The number of likely N-dealkylation sites (tertiary alicyclic amines) is 1. The Bertz CT molecular complexity index is 640. The molecule has 0 aliphatic carbocycles. The van der Waals surface area contributed by atoms with Gasteiger partial charge in [-0.15, -0.1) is 10.2 Å². The van der Waals surface area contributed by atoms with Crippen molar-refractivity contribution in [1.29, 1.82) is 0 Å². The van der Waals surface area contributed by atoms with E-state index < -0.39 is 12.7 Å². The topological polar surface area (TPSA) is 79.6 Å². The lowest BCUT2D eigenvalue weighted by molar-refractivity contribution is -0.148. The largest absolute Gasteiger partial charge is 0.401 e. The quantitative estimate of drug-likeness (QED) is 0.359. The second-order valence-corrected chi connectivity index (χ2v) is 7.36. The number of alkyl halides is 3. The molecule has 0 aromatic carbocycles. The molecule has 1 aliphatic heterocycles. The fourth-order valence-electron chi connectivity index (χ4n) is 3.27. The number of halogens is 3. The molecule has 0 amide bonds. The van der Waals surface area contributed by atoms with Crippen LogP contribution in [0.15, 0.2) is 4.99 Å². The Labute approximate surface area is 169 Å². The maximum Gasteiger partial charge on any atom is 0.401 e. The molecule has 2 rings (SSSR count). The van der Waals surface area contributed by atoms with E-state index in [-0.39, 0.29) is 0 Å². The van der Waals surface area contributed by atoms with Crippen LogP contribution in [-0.2, 0) is 18.3 Å². The highest BCUT2D eigenvalue weighted by atomic mass is 19.4. The van der Waals surface area contributed by atoms with Crippen LogP contribution < -0.4 is 10.6 Å². The van der Waals surface area contributed by atoms with Crippen LogP contribution >= 0.6 is 0 Å². The molecule has 1 aromatic rings. The first kappa shape index (κ1) is 23.4. The second kappa shape index (κ2) is 11.3. The number of ether oxygens (including phenoxy) is 1. The maximum absolute atomic E-state index is 12.5. The standard InChI is InChI=1S/C18H32F3N7O/c1-14-25-26-16(27(14)2)12-24-17(23-8-11-29-3)22-7-4-15-5-9-28(10-6-15)13-18(19,20)21/h15H,4-13H2,1-3H3,(H2,22,23,24). The van der Waals surface area contributed by atoms with E-state index in [4.69, 9.17) is 4.74 Å². The normalized spacial score (nSPS) is 17.0. The molecule has 0 saturated carbocycles. The molecular weight excluding hydrogens is 387 g/mol.